The molecule has 0 radical (unpaired) electrons. The van der Waals surface area contributed by atoms with Crippen LogP contribution >= 0.6 is 0 Å². The third kappa shape index (κ3) is 3.50. The van der Waals surface area contributed by atoms with Gasteiger partial charge in [0.05, 0.1) is 11.8 Å². The molecule has 2 aromatic rings. The van der Waals surface area contributed by atoms with Crippen molar-refractivity contribution in [2.75, 3.05) is 0 Å². The van der Waals surface area contributed by atoms with E-state index in [2.05, 4.69) is 5.10 Å². The largest absolute Gasteiger partial charge is 0.457 e. The van der Waals surface area contributed by atoms with E-state index >= 15 is 0 Å². The molecule has 0 aromatic heterocycles. The summed E-state index contributed by atoms with van der Waals surface area (Å²) in [7, 11) is 0. The number of halogens is 3. The van der Waals surface area contributed by atoms with Crippen LogP contribution in [0.3, 0.4) is 0 Å². The summed E-state index contributed by atoms with van der Waals surface area (Å²) in [4.78, 5) is 0. The number of nitrogens with zero attached hydrogens (tertiary/aromatic N) is 1. The van der Waals surface area contributed by atoms with Gasteiger partial charge < -0.3 is 10.6 Å². The Hall–Kier alpha value is -2.50. The van der Waals surface area contributed by atoms with E-state index in [1.165, 1.54) is 18.3 Å². The van der Waals surface area contributed by atoms with Gasteiger partial charge in [-0.3, -0.25) is 0 Å². The minimum Gasteiger partial charge on any atom is -0.457 e. The minimum absolute atomic E-state index is 0.113. The number of benzene rings is 2. The highest BCUT2D eigenvalue weighted by Crippen LogP contribution is 2.32. The van der Waals surface area contributed by atoms with Gasteiger partial charge in [0.2, 0.25) is 0 Å². The van der Waals surface area contributed by atoms with E-state index in [1.54, 1.807) is 24.3 Å². The molecule has 0 saturated heterocycles. The molecule has 0 bridgehead atoms. The summed E-state index contributed by atoms with van der Waals surface area (Å²) in [6.07, 6.45) is -2.98. The van der Waals surface area contributed by atoms with Crippen molar-refractivity contribution in [1.82, 2.24) is 0 Å². The Morgan fingerprint density at radius 2 is 1.65 bits per heavy atom. The van der Waals surface area contributed by atoms with Crippen LogP contribution in [0.15, 0.2) is 53.6 Å². The van der Waals surface area contributed by atoms with Gasteiger partial charge >= 0.3 is 6.18 Å². The van der Waals surface area contributed by atoms with Gasteiger partial charge in [0.25, 0.3) is 0 Å². The van der Waals surface area contributed by atoms with E-state index in [4.69, 9.17) is 10.6 Å². The molecule has 104 valence electrons. The van der Waals surface area contributed by atoms with Gasteiger partial charge in [-0.15, -0.1) is 0 Å². The topological polar surface area (TPSA) is 47.6 Å². The van der Waals surface area contributed by atoms with Crippen LogP contribution in [0, 0.1) is 0 Å². The van der Waals surface area contributed by atoms with E-state index in [1.807, 2.05) is 0 Å². The lowest BCUT2D eigenvalue weighted by molar-refractivity contribution is -0.137. The third-order valence-electron chi connectivity index (χ3n) is 2.48. The van der Waals surface area contributed by atoms with Crippen LogP contribution in [0.2, 0.25) is 0 Å². The molecular formula is C14H11F3N2O. The van der Waals surface area contributed by atoms with Gasteiger partial charge in [-0.25, -0.2) is 0 Å². The predicted molar refractivity (Wildman–Crippen MR) is 69.7 cm³/mol. The molecule has 2 rings (SSSR count). The van der Waals surface area contributed by atoms with E-state index in [-0.39, 0.29) is 5.75 Å². The number of alkyl halides is 3. The Labute approximate surface area is 113 Å². The average Bonchev–Trinajstić information content (AvgIpc) is 2.39. The molecule has 0 aliphatic heterocycles. The van der Waals surface area contributed by atoms with Gasteiger partial charge in [-0.2, -0.15) is 18.3 Å². The van der Waals surface area contributed by atoms with Gasteiger partial charge in [0.1, 0.15) is 11.5 Å². The van der Waals surface area contributed by atoms with Crippen molar-refractivity contribution in [2.24, 2.45) is 10.9 Å². The summed E-state index contributed by atoms with van der Waals surface area (Å²) in [6.45, 7) is 0. The van der Waals surface area contributed by atoms with E-state index in [0.29, 0.717) is 11.3 Å². The Kier molecular flexibility index (Phi) is 3.93. The highest BCUT2D eigenvalue weighted by atomic mass is 19.4. The van der Waals surface area contributed by atoms with Crippen molar-refractivity contribution in [3.05, 3.63) is 59.7 Å². The molecule has 2 N–H and O–H groups in total. The maximum absolute atomic E-state index is 12.6. The van der Waals surface area contributed by atoms with Crippen LogP contribution in [-0.2, 0) is 6.18 Å². The number of hydrazone groups is 1. The van der Waals surface area contributed by atoms with Crippen LogP contribution < -0.4 is 10.6 Å². The van der Waals surface area contributed by atoms with E-state index < -0.39 is 11.7 Å². The van der Waals surface area contributed by atoms with Crippen LogP contribution in [-0.4, -0.2) is 6.21 Å². The first-order valence-electron chi connectivity index (χ1n) is 5.67. The molecule has 3 nitrogen and oxygen atoms in total. The summed E-state index contributed by atoms with van der Waals surface area (Å²) in [6, 6.07) is 11.4. The first-order valence-corrected chi connectivity index (χ1v) is 5.67. The first kappa shape index (κ1) is 13.9. The minimum atomic E-state index is -4.40. The normalized spacial score (nSPS) is 11.8. The fourth-order valence-corrected chi connectivity index (χ4v) is 1.62. The quantitative estimate of drug-likeness (QED) is 0.528. The number of rotatable bonds is 3. The summed E-state index contributed by atoms with van der Waals surface area (Å²) in [5.41, 5.74) is -0.0633. The standard InChI is InChI=1S/C14H11F3N2O/c15-14(16,17)11-4-2-6-13(8-11)20-12-5-1-3-10(7-12)9-19-18/h1-9H,18H2. The molecule has 0 aliphatic carbocycles. The fourth-order valence-electron chi connectivity index (χ4n) is 1.62. The van der Waals surface area contributed by atoms with Crippen molar-refractivity contribution in [3.8, 4) is 11.5 Å². The summed E-state index contributed by atoms with van der Waals surface area (Å²) < 4.78 is 43.2. The number of ether oxygens (including phenoxy) is 1. The molecule has 0 amide bonds. The molecule has 0 atom stereocenters. The lowest BCUT2D eigenvalue weighted by Gasteiger charge is -2.10. The predicted octanol–water partition coefficient (Wildman–Crippen LogP) is 3.79. The summed E-state index contributed by atoms with van der Waals surface area (Å²) >= 11 is 0. The Morgan fingerprint density at radius 3 is 2.30 bits per heavy atom. The van der Waals surface area contributed by atoms with Crippen molar-refractivity contribution in [3.63, 3.8) is 0 Å². The second-order valence-electron chi connectivity index (χ2n) is 3.98. The molecule has 0 heterocycles. The highest BCUT2D eigenvalue weighted by molar-refractivity contribution is 5.79. The lowest BCUT2D eigenvalue weighted by atomic mass is 10.2. The maximum atomic E-state index is 12.6. The molecule has 0 unspecified atom stereocenters. The van der Waals surface area contributed by atoms with Gasteiger partial charge in [-0.1, -0.05) is 18.2 Å². The fraction of sp³-hybridized carbons (Fsp3) is 0.0714. The Morgan fingerprint density at radius 1 is 1.00 bits per heavy atom. The first-order chi connectivity index (χ1) is 9.49. The van der Waals surface area contributed by atoms with E-state index in [9.17, 15) is 13.2 Å². The SMILES string of the molecule is NN=Cc1cccc(Oc2cccc(C(F)(F)F)c2)c1. The van der Waals surface area contributed by atoms with Gasteiger partial charge in [0, 0.05) is 0 Å². The zero-order valence-electron chi connectivity index (χ0n) is 10.3. The second kappa shape index (κ2) is 5.64. The molecule has 0 spiro atoms. The summed E-state index contributed by atoms with van der Waals surface area (Å²) in [5.74, 6) is 5.55. The number of nitrogens with two attached hydrogens (primary N) is 1. The van der Waals surface area contributed by atoms with Crippen molar-refractivity contribution < 1.29 is 17.9 Å². The van der Waals surface area contributed by atoms with Crippen LogP contribution in [0.5, 0.6) is 11.5 Å². The van der Waals surface area contributed by atoms with Crippen LogP contribution in [0.4, 0.5) is 13.2 Å². The monoisotopic (exact) mass is 280 g/mol. The second-order valence-corrected chi connectivity index (χ2v) is 3.98. The molecule has 20 heavy (non-hydrogen) atoms. The van der Waals surface area contributed by atoms with Crippen molar-refractivity contribution in [1.29, 1.82) is 0 Å². The van der Waals surface area contributed by atoms with Crippen LogP contribution in [0.1, 0.15) is 11.1 Å². The Balaban J connectivity index is 2.24. The third-order valence-corrected chi connectivity index (χ3v) is 2.48. The molecule has 0 saturated carbocycles. The highest BCUT2D eigenvalue weighted by Gasteiger charge is 2.30. The van der Waals surface area contributed by atoms with Crippen molar-refractivity contribution in [2.45, 2.75) is 6.18 Å². The molecule has 0 fully saturated rings. The van der Waals surface area contributed by atoms with Gasteiger partial charge in [-0.05, 0) is 35.9 Å². The number of hydrogen-bond donors (Lipinski definition) is 1. The van der Waals surface area contributed by atoms with Crippen molar-refractivity contribution >= 4 is 6.21 Å². The lowest BCUT2D eigenvalue weighted by Crippen LogP contribution is -2.04. The average molecular weight is 280 g/mol. The maximum Gasteiger partial charge on any atom is 0.416 e. The van der Waals surface area contributed by atoms with Crippen LogP contribution in [0.25, 0.3) is 0 Å². The zero-order valence-corrected chi connectivity index (χ0v) is 10.3. The van der Waals surface area contributed by atoms with E-state index in [0.717, 1.165) is 12.1 Å². The smallest absolute Gasteiger partial charge is 0.416 e. The molecular weight excluding hydrogens is 269 g/mol. The summed E-state index contributed by atoms with van der Waals surface area (Å²) in [5, 5.41) is 3.37. The Bertz CT molecular complexity index is 624. The molecule has 6 heteroatoms. The van der Waals surface area contributed by atoms with Gasteiger partial charge in [0.15, 0.2) is 0 Å². The molecule has 2 aromatic carbocycles. The number of hydrogen-bond acceptors (Lipinski definition) is 3. The molecule has 0 aliphatic rings. The zero-order chi connectivity index (χ0) is 14.6.